The van der Waals surface area contributed by atoms with Crippen LogP contribution >= 0.6 is 11.8 Å². The lowest BCUT2D eigenvalue weighted by atomic mass is 9.89. The average Bonchev–Trinajstić information content (AvgIpc) is 2.77. The molecular weight excluding hydrogens is 288 g/mol. The highest BCUT2D eigenvalue weighted by Crippen LogP contribution is 2.54. The number of fused-ring (bicyclic) bond motifs is 5. The molecule has 0 amide bonds. The SMILES string of the molecule is CN1CC[C@H]2[C@@H](C1)c1cccc3c1N2c1ccccc1CS3. The lowest BCUT2D eigenvalue weighted by Gasteiger charge is -2.37. The third-order valence-corrected chi connectivity index (χ3v) is 6.51. The molecule has 22 heavy (non-hydrogen) atoms. The number of likely N-dealkylation sites (N-methyl/N-ethyl adjacent to an activating group) is 1. The number of likely N-dealkylation sites (tertiary alicyclic amines) is 1. The number of benzene rings is 2. The summed E-state index contributed by atoms with van der Waals surface area (Å²) in [6.07, 6.45) is 1.26. The van der Waals surface area contributed by atoms with Gasteiger partial charge >= 0.3 is 0 Å². The molecule has 112 valence electrons. The van der Waals surface area contributed by atoms with Crippen LogP contribution in [0, 0.1) is 0 Å². The van der Waals surface area contributed by atoms with E-state index in [9.17, 15) is 0 Å². The van der Waals surface area contributed by atoms with Gasteiger partial charge in [-0.15, -0.1) is 11.8 Å². The molecule has 0 N–H and O–H groups in total. The minimum absolute atomic E-state index is 0.632. The van der Waals surface area contributed by atoms with Crippen molar-refractivity contribution in [2.45, 2.75) is 29.0 Å². The lowest BCUT2D eigenvalue weighted by molar-refractivity contribution is 0.236. The van der Waals surface area contributed by atoms with E-state index in [1.807, 2.05) is 11.8 Å². The van der Waals surface area contributed by atoms with Crippen molar-refractivity contribution in [3.05, 3.63) is 53.6 Å². The van der Waals surface area contributed by atoms with Crippen LogP contribution in [0.5, 0.6) is 0 Å². The average molecular weight is 308 g/mol. The van der Waals surface area contributed by atoms with Crippen molar-refractivity contribution in [2.24, 2.45) is 0 Å². The second-order valence-corrected chi connectivity index (χ2v) is 7.72. The van der Waals surface area contributed by atoms with E-state index in [0.29, 0.717) is 12.0 Å². The van der Waals surface area contributed by atoms with Crippen molar-refractivity contribution in [2.75, 3.05) is 25.0 Å². The zero-order chi connectivity index (χ0) is 14.7. The number of rotatable bonds is 0. The maximum Gasteiger partial charge on any atom is 0.0588 e. The Bertz CT molecular complexity index is 742. The third kappa shape index (κ3) is 1.73. The van der Waals surface area contributed by atoms with Gasteiger partial charge in [-0.2, -0.15) is 0 Å². The number of thioether (sulfide) groups is 1. The van der Waals surface area contributed by atoms with E-state index in [4.69, 9.17) is 0 Å². The fraction of sp³-hybridized carbons (Fsp3) is 0.368. The summed E-state index contributed by atoms with van der Waals surface area (Å²) in [7, 11) is 2.26. The monoisotopic (exact) mass is 308 g/mol. The minimum atomic E-state index is 0.632. The zero-order valence-corrected chi connectivity index (χ0v) is 13.6. The second kappa shape index (κ2) is 4.77. The Kier molecular flexibility index (Phi) is 2.83. The Morgan fingerprint density at radius 3 is 2.95 bits per heavy atom. The summed E-state index contributed by atoms with van der Waals surface area (Å²) in [4.78, 5) is 6.63. The van der Waals surface area contributed by atoms with Crippen molar-refractivity contribution < 1.29 is 0 Å². The van der Waals surface area contributed by atoms with Gasteiger partial charge in [-0.25, -0.2) is 0 Å². The largest absolute Gasteiger partial charge is 0.336 e. The number of hydrogen-bond donors (Lipinski definition) is 0. The van der Waals surface area contributed by atoms with Gasteiger partial charge in [-0.05, 0) is 43.3 Å². The Balaban J connectivity index is 1.75. The molecule has 5 rings (SSSR count). The Morgan fingerprint density at radius 2 is 2.00 bits per heavy atom. The van der Waals surface area contributed by atoms with Crippen LogP contribution < -0.4 is 4.90 Å². The normalized spacial score (nSPS) is 26.1. The summed E-state index contributed by atoms with van der Waals surface area (Å²) in [5, 5.41) is 0. The van der Waals surface area contributed by atoms with Gasteiger partial charge in [-0.3, -0.25) is 0 Å². The van der Waals surface area contributed by atoms with Crippen LogP contribution in [0.1, 0.15) is 23.5 Å². The van der Waals surface area contributed by atoms with Gasteiger partial charge in [0.2, 0.25) is 0 Å². The van der Waals surface area contributed by atoms with Crippen LogP contribution in [0.2, 0.25) is 0 Å². The molecule has 1 saturated heterocycles. The van der Waals surface area contributed by atoms with Crippen molar-refractivity contribution in [1.82, 2.24) is 4.90 Å². The smallest absolute Gasteiger partial charge is 0.0588 e. The molecular formula is C19H20N2S. The Morgan fingerprint density at radius 1 is 1.09 bits per heavy atom. The van der Waals surface area contributed by atoms with Gasteiger partial charge < -0.3 is 9.80 Å². The van der Waals surface area contributed by atoms with Crippen molar-refractivity contribution in [1.29, 1.82) is 0 Å². The first-order valence-electron chi connectivity index (χ1n) is 8.14. The van der Waals surface area contributed by atoms with Crippen LogP contribution in [0.25, 0.3) is 0 Å². The lowest BCUT2D eigenvalue weighted by Crippen LogP contribution is -2.43. The highest BCUT2D eigenvalue weighted by molar-refractivity contribution is 7.98. The molecule has 0 aliphatic carbocycles. The van der Waals surface area contributed by atoms with Crippen molar-refractivity contribution in [3.63, 3.8) is 0 Å². The predicted molar refractivity (Wildman–Crippen MR) is 93.2 cm³/mol. The molecule has 0 bridgehead atoms. The van der Waals surface area contributed by atoms with Crippen LogP contribution in [0.4, 0.5) is 11.4 Å². The van der Waals surface area contributed by atoms with E-state index >= 15 is 0 Å². The van der Waals surface area contributed by atoms with Gasteiger partial charge in [0.15, 0.2) is 0 Å². The molecule has 2 aromatic carbocycles. The maximum atomic E-state index is 2.68. The third-order valence-electron chi connectivity index (χ3n) is 5.42. The molecule has 3 aliphatic heterocycles. The van der Waals surface area contributed by atoms with Gasteiger partial charge in [0.1, 0.15) is 0 Å². The summed E-state index contributed by atoms with van der Waals surface area (Å²) in [6, 6.07) is 16.6. The summed E-state index contributed by atoms with van der Waals surface area (Å²) in [5.74, 6) is 1.74. The second-order valence-electron chi connectivity index (χ2n) is 6.71. The molecule has 1 fully saturated rings. The van der Waals surface area contributed by atoms with E-state index in [1.54, 1.807) is 5.56 Å². The molecule has 2 aromatic rings. The number of anilines is 2. The van der Waals surface area contributed by atoms with E-state index in [-0.39, 0.29) is 0 Å². The molecule has 3 heteroatoms. The summed E-state index contributed by atoms with van der Waals surface area (Å²) >= 11 is 2.00. The molecule has 0 spiro atoms. The van der Waals surface area contributed by atoms with Crippen LogP contribution in [0.3, 0.4) is 0 Å². The summed E-state index contributed by atoms with van der Waals surface area (Å²) < 4.78 is 0. The fourth-order valence-corrected chi connectivity index (χ4v) is 5.50. The highest BCUT2D eigenvalue weighted by atomic mass is 32.2. The Hall–Kier alpha value is -1.45. The first-order valence-corrected chi connectivity index (χ1v) is 9.13. The number of para-hydroxylation sites is 2. The van der Waals surface area contributed by atoms with E-state index in [0.717, 1.165) is 5.75 Å². The van der Waals surface area contributed by atoms with E-state index in [2.05, 4.69) is 59.3 Å². The number of piperidine rings is 1. The number of nitrogens with zero attached hydrogens (tertiary/aromatic N) is 2. The van der Waals surface area contributed by atoms with Gasteiger partial charge in [0.05, 0.1) is 5.69 Å². The summed E-state index contributed by atoms with van der Waals surface area (Å²) in [5.41, 5.74) is 5.99. The maximum absolute atomic E-state index is 2.68. The molecule has 3 heterocycles. The van der Waals surface area contributed by atoms with Crippen molar-refractivity contribution in [3.8, 4) is 0 Å². The molecule has 0 aromatic heterocycles. The minimum Gasteiger partial charge on any atom is -0.336 e. The van der Waals surface area contributed by atoms with Gasteiger partial charge in [-0.1, -0.05) is 30.3 Å². The molecule has 3 aliphatic rings. The standard InChI is InChI=1S/C19H20N2S/c1-20-10-9-17-15(11-20)14-6-4-8-18-19(14)21(17)16-7-3-2-5-13(16)12-22-18/h2-8,15,17H,9-12H2,1H3/t15-,17-/m0/s1. The fourth-order valence-electron chi connectivity index (χ4n) is 4.42. The van der Waals surface area contributed by atoms with Crippen LogP contribution in [-0.2, 0) is 5.75 Å². The zero-order valence-electron chi connectivity index (χ0n) is 12.8. The molecule has 0 saturated carbocycles. The van der Waals surface area contributed by atoms with Crippen LogP contribution in [0.15, 0.2) is 47.4 Å². The summed E-state index contributed by atoms with van der Waals surface area (Å²) in [6.45, 7) is 2.39. The highest BCUT2D eigenvalue weighted by Gasteiger charge is 2.44. The Labute approximate surface area is 136 Å². The van der Waals surface area contributed by atoms with E-state index in [1.165, 1.54) is 41.3 Å². The topological polar surface area (TPSA) is 6.48 Å². The van der Waals surface area contributed by atoms with E-state index < -0.39 is 0 Å². The first-order chi connectivity index (χ1) is 10.8. The molecule has 0 unspecified atom stereocenters. The van der Waals surface area contributed by atoms with Gasteiger partial charge in [0.25, 0.3) is 0 Å². The molecule has 2 atom stereocenters. The molecule has 2 nitrogen and oxygen atoms in total. The number of hydrogen-bond acceptors (Lipinski definition) is 3. The quantitative estimate of drug-likeness (QED) is 0.719. The predicted octanol–water partition coefficient (Wildman–Crippen LogP) is 4.23. The van der Waals surface area contributed by atoms with Crippen LogP contribution in [-0.4, -0.2) is 31.1 Å². The first kappa shape index (κ1) is 13.0. The van der Waals surface area contributed by atoms with Gasteiger partial charge in [0, 0.05) is 34.8 Å². The molecule has 0 radical (unpaired) electrons. The van der Waals surface area contributed by atoms with Crippen molar-refractivity contribution >= 4 is 23.1 Å².